The van der Waals surface area contributed by atoms with Crippen molar-refractivity contribution in [3.05, 3.63) is 71.2 Å². The summed E-state index contributed by atoms with van der Waals surface area (Å²) < 4.78 is 2.66. The Balaban J connectivity index is 1.82. The van der Waals surface area contributed by atoms with Gasteiger partial charge in [-0.2, -0.15) is 5.10 Å². The molecule has 1 N–H and O–H groups in total. The van der Waals surface area contributed by atoms with Gasteiger partial charge in [0.2, 0.25) is 0 Å². The smallest absolute Gasteiger partial charge is 0.137 e. The molecule has 0 radical (unpaired) electrons. The van der Waals surface area contributed by atoms with Crippen molar-refractivity contribution in [2.75, 3.05) is 0 Å². The first-order valence-corrected chi connectivity index (χ1v) is 7.45. The van der Waals surface area contributed by atoms with Crippen molar-refractivity contribution in [2.24, 2.45) is 5.16 Å². The molecule has 0 unspecified atom stereocenters. The van der Waals surface area contributed by atoms with E-state index in [4.69, 9.17) is 0 Å². The third-order valence-corrected chi connectivity index (χ3v) is 3.82. The lowest BCUT2D eigenvalue weighted by molar-refractivity contribution is 0.317. The Hall–Kier alpha value is -2.47. The van der Waals surface area contributed by atoms with E-state index in [2.05, 4.69) is 43.3 Å². The summed E-state index contributed by atoms with van der Waals surface area (Å²) in [7, 11) is 0. The molecule has 6 heteroatoms. The molecule has 5 nitrogen and oxygen atoms in total. The van der Waals surface area contributed by atoms with Gasteiger partial charge in [0.1, 0.15) is 18.4 Å². The molecule has 3 rings (SSSR count). The number of benzene rings is 2. The SMILES string of the molecule is O/N=C(/Cn1cncn1)c1ccc(-c2ccc(Br)cc2)cc1. The zero-order chi connectivity index (χ0) is 15.4. The van der Waals surface area contributed by atoms with E-state index in [-0.39, 0.29) is 0 Å². The Morgan fingerprint density at radius 1 is 1.05 bits per heavy atom. The molecular formula is C16H13BrN4O. The third kappa shape index (κ3) is 3.23. The minimum Gasteiger partial charge on any atom is -0.411 e. The van der Waals surface area contributed by atoms with Crippen molar-refractivity contribution in [3.8, 4) is 11.1 Å². The molecule has 1 heterocycles. The van der Waals surface area contributed by atoms with Gasteiger partial charge >= 0.3 is 0 Å². The first-order valence-electron chi connectivity index (χ1n) is 6.66. The number of oxime groups is 1. The lowest BCUT2D eigenvalue weighted by Crippen LogP contribution is -2.12. The van der Waals surface area contributed by atoms with E-state index in [1.807, 2.05) is 36.4 Å². The van der Waals surface area contributed by atoms with Crippen molar-refractivity contribution in [2.45, 2.75) is 6.54 Å². The van der Waals surface area contributed by atoms with Gasteiger partial charge in [0.15, 0.2) is 0 Å². The highest BCUT2D eigenvalue weighted by atomic mass is 79.9. The van der Waals surface area contributed by atoms with Gasteiger partial charge < -0.3 is 5.21 Å². The molecule has 0 saturated heterocycles. The van der Waals surface area contributed by atoms with E-state index in [0.29, 0.717) is 12.3 Å². The lowest BCUT2D eigenvalue weighted by Gasteiger charge is -2.07. The minimum absolute atomic E-state index is 0.369. The van der Waals surface area contributed by atoms with Crippen LogP contribution in [0.15, 0.2) is 70.8 Å². The third-order valence-electron chi connectivity index (χ3n) is 3.29. The Kier molecular flexibility index (Phi) is 4.29. The quantitative estimate of drug-likeness (QED) is 0.441. The van der Waals surface area contributed by atoms with Crippen LogP contribution in [0.2, 0.25) is 0 Å². The Morgan fingerprint density at radius 2 is 1.68 bits per heavy atom. The van der Waals surface area contributed by atoms with Crippen LogP contribution in [0.4, 0.5) is 0 Å². The molecular weight excluding hydrogens is 344 g/mol. The maximum Gasteiger partial charge on any atom is 0.137 e. The van der Waals surface area contributed by atoms with Crippen LogP contribution in [0, 0.1) is 0 Å². The van der Waals surface area contributed by atoms with Gasteiger partial charge in [-0.3, -0.25) is 0 Å². The van der Waals surface area contributed by atoms with Gasteiger partial charge in [-0.15, -0.1) is 0 Å². The Morgan fingerprint density at radius 3 is 2.23 bits per heavy atom. The second kappa shape index (κ2) is 6.53. The number of rotatable bonds is 4. The number of hydrogen-bond acceptors (Lipinski definition) is 4. The van der Waals surface area contributed by atoms with Crippen LogP contribution in [-0.4, -0.2) is 25.7 Å². The summed E-state index contributed by atoms with van der Waals surface area (Å²) in [6, 6.07) is 16.0. The van der Waals surface area contributed by atoms with Crippen molar-refractivity contribution in [1.82, 2.24) is 14.8 Å². The average molecular weight is 357 g/mol. The second-order valence-electron chi connectivity index (χ2n) is 4.72. The van der Waals surface area contributed by atoms with E-state index in [0.717, 1.165) is 21.2 Å². The fourth-order valence-electron chi connectivity index (χ4n) is 2.15. The maximum absolute atomic E-state index is 9.22. The largest absolute Gasteiger partial charge is 0.411 e. The first-order chi connectivity index (χ1) is 10.8. The molecule has 22 heavy (non-hydrogen) atoms. The number of nitrogens with zero attached hydrogens (tertiary/aromatic N) is 4. The van der Waals surface area contributed by atoms with Crippen LogP contribution in [0.25, 0.3) is 11.1 Å². The molecule has 0 saturated carbocycles. The van der Waals surface area contributed by atoms with Crippen molar-refractivity contribution < 1.29 is 5.21 Å². The van der Waals surface area contributed by atoms with Gasteiger partial charge in [-0.25, -0.2) is 9.67 Å². The van der Waals surface area contributed by atoms with Gasteiger partial charge in [0.25, 0.3) is 0 Å². The average Bonchev–Trinajstić information content (AvgIpc) is 3.07. The molecule has 0 amide bonds. The first kappa shape index (κ1) is 14.5. The maximum atomic E-state index is 9.22. The summed E-state index contributed by atoms with van der Waals surface area (Å²) in [5.74, 6) is 0. The zero-order valence-electron chi connectivity index (χ0n) is 11.6. The Bertz CT molecular complexity index is 765. The molecule has 0 fully saturated rings. The van der Waals surface area contributed by atoms with E-state index in [1.54, 1.807) is 11.0 Å². The molecule has 0 aliphatic rings. The number of hydrogen-bond donors (Lipinski definition) is 1. The van der Waals surface area contributed by atoms with Crippen LogP contribution >= 0.6 is 15.9 Å². The predicted octanol–water partition coefficient (Wildman–Crippen LogP) is 3.59. The molecule has 1 aromatic heterocycles. The van der Waals surface area contributed by atoms with Gasteiger partial charge in [-0.1, -0.05) is 57.5 Å². The number of aromatic nitrogens is 3. The van der Waals surface area contributed by atoms with E-state index >= 15 is 0 Å². The Labute approximate surface area is 136 Å². The molecule has 0 spiro atoms. The van der Waals surface area contributed by atoms with Gasteiger partial charge in [0, 0.05) is 10.0 Å². The normalized spacial score (nSPS) is 11.6. The van der Waals surface area contributed by atoms with E-state index in [1.165, 1.54) is 6.33 Å². The summed E-state index contributed by atoms with van der Waals surface area (Å²) in [6.07, 6.45) is 3.03. The van der Waals surface area contributed by atoms with Gasteiger partial charge in [0.05, 0.1) is 6.54 Å². The van der Waals surface area contributed by atoms with Crippen molar-refractivity contribution in [1.29, 1.82) is 0 Å². The van der Waals surface area contributed by atoms with Crippen LogP contribution in [0.1, 0.15) is 5.56 Å². The van der Waals surface area contributed by atoms with E-state index < -0.39 is 0 Å². The molecule has 3 aromatic rings. The lowest BCUT2D eigenvalue weighted by atomic mass is 10.0. The molecule has 2 aromatic carbocycles. The molecule has 0 aliphatic carbocycles. The topological polar surface area (TPSA) is 63.3 Å². The minimum atomic E-state index is 0.369. The molecule has 0 bridgehead atoms. The van der Waals surface area contributed by atoms with Crippen molar-refractivity contribution >= 4 is 21.6 Å². The second-order valence-corrected chi connectivity index (χ2v) is 5.64. The molecule has 110 valence electrons. The highest BCUT2D eigenvalue weighted by Crippen LogP contribution is 2.22. The van der Waals surface area contributed by atoms with E-state index in [9.17, 15) is 5.21 Å². The highest BCUT2D eigenvalue weighted by molar-refractivity contribution is 9.10. The van der Waals surface area contributed by atoms with Crippen LogP contribution in [0.5, 0.6) is 0 Å². The predicted molar refractivity (Wildman–Crippen MR) is 87.9 cm³/mol. The fourth-order valence-corrected chi connectivity index (χ4v) is 2.41. The summed E-state index contributed by atoms with van der Waals surface area (Å²) >= 11 is 3.43. The van der Waals surface area contributed by atoms with Crippen LogP contribution in [0.3, 0.4) is 0 Å². The highest BCUT2D eigenvalue weighted by Gasteiger charge is 2.07. The summed E-state index contributed by atoms with van der Waals surface area (Å²) in [6.45, 7) is 0.369. The summed E-state index contributed by atoms with van der Waals surface area (Å²) in [5.41, 5.74) is 3.62. The number of halogens is 1. The zero-order valence-corrected chi connectivity index (χ0v) is 13.2. The fraction of sp³-hybridized carbons (Fsp3) is 0.0625. The van der Waals surface area contributed by atoms with Crippen LogP contribution in [-0.2, 0) is 6.54 Å². The summed E-state index contributed by atoms with van der Waals surface area (Å²) in [5, 5.41) is 16.6. The van der Waals surface area contributed by atoms with Gasteiger partial charge in [-0.05, 0) is 23.3 Å². The monoisotopic (exact) mass is 356 g/mol. The molecule has 0 aliphatic heterocycles. The standard InChI is InChI=1S/C16H13BrN4O/c17-15-7-5-13(6-8-15)12-1-3-14(4-2-12)16(20-22)9-21-11-18-10-19-21/h1-8,10-11,22H,9H2/b20-16-. The van der Waals surface area contributed by atoms with Crippen molar-refractivity contribution in [3.63, 3.8) is 0 Å². The summed E-state index contributed by atoms with van der Waals surface area (Å²) in [4.78, 5) is 3.88. The van der Waals surface area contributed by atoms with Crippen LogP contribution < -0.4 is 0 Å². The molecule has 0 atom stereocenters.